The van der Waals surface area contributed by atoms with Crippen LogP contribution in [-0.4, -0.2) is 49.4 Å². The molecule has 0 amide bonds. The van der Waals surface area contributed by atoms with E-state index in [2.05, 4.69) is 19.0 Å². The van der Waals surface area contributed by atoms with Crippen molar-refractivity contribution in [1.82, 2.24) is 4.57 Å². The second-order valence-corrected chi connectivity index (χ2v) is 8.20. The van der Waals surface area contributed by atoms with E-state index in [0.717, 1.165) is 11.1 Å². The third kappa shape index (κ3) is 4.20. The van der Waals surface area contributed by atoms with E-state index in [1.54, 1.807) is 20.2 Å². The number of hydrogen-bond acceptors (Lipinski definition) is 7. The van der Waals surface area contributed by atoms with Gasteiger partial charge in [0.2, 0.25) is 0 Å². The lowest BCUT2D eigenvalue weighted by Crippen LogP contribution is -2.37. The van der Waals surface area contributed by atoms with Crippen molar-refractivity contribution < 1.29 is 24.2 Å². The first kappa shape index (κ1) is 22.6. The largest absolute Gasteiger partial charge is 0.496 e. The number of oxime groups is 1. The molecule has 3 rings (SSSR count). The monoisotopic (exact) mass is 428 g/mol. The number of nitrogens with zero attached hydrogens (tertiary/aromatic N) is 2. The molecule has 2 aromatic rings. The minimum atomic E-state index is -0.635. The zero-order valence-corrected chi connectivity index (χ0v) is 18.5. The molecule has 1 aliphatic heterocycles. The van der Waals surface area contributed by atoms with E-state index in [0.29, 0.717) is 30.0 Å². The second kappa shape index (κ2) is 8.93. The lowest BCUT2D eigenvalue weighted by atomic mass is 9.77. The van der Waals surface area contributed by atoms with Gasteiger partial charge in [0, 0.05) is 42.0 Å². The van der Waals surface area contributed by atoms with E-state index in [4.69, 9.17) is 19.4 Å². The van der Waals surface area contributed by atoms with Crippen LogP contribution in [0.3, 0.4) is 0 Å². The molecule has 1 N–H and O–H groups in total. The minimum absolute atomic E-state index is 0.00302. The summed E-state index contributed by atoms with van der Waals surface area (Å²) in [6, 6.07) is 5.09. The molecule has 166 valence electrons. The fraction of sp³-hybridized carbons (Fsp3) is 0.435. The summed E-state index contributed by atoms with van der Waals surface area (Å²) in [5.41, 5.74) is 2.40. The fourth-order valence-electron chi connectivity index (χ4n) is 4.20. The molecule has 0 radical (unpaired) electrons. The van der Waals surface area contributed by atoms with Crippen molar-refractivity contribution in [3.63, 3.8) is 0 Å². The van der Waals surface area contributed by atoms with Crippen LogP contribution in [0.25, 0.3) is 11.3 Å². The van der Waals surface area contributed by atoms with Crippen LogP contribution in [0.15, 0.2) is 34.3 Å². The average molecular weight is 428 g/mol. The molecule has 2 heterocycles. The van der Waals surface area contributed by atoms with Crippen LogP contribution < -0.4 is 10.2 Å². The predicted molar refractivity (Wildman–Crippen MR) is 116 cm³/mol. The molecule has 0 saturated carbocycles. The summed E-state index contributed by atoms with van der Waals surface area (Å²) in [6.07, 6.45) is 3.54. The summed E-state index contributed by atoms with van der Waals surface area (Å²) in [5.74, 6) is -0.122. The number of esters is 1. The van der Waals surface area contributed by atoms with Crippen molar-refractivity contribution >= 4 is 12.2 Å². The van der Waals surface area contributed by atoms with Crippen LogP contribution in [0.5, 0.6) is 5.75 Å². The topological polar surface area (TPSA) is 99.4 Å². The van der Waals surface area contributed by atoms with Crippen molar-refractivity contribution in [2.45, 2.75) is 33.2 Å². The molecule has 8 heteroatoms. The molecule has 0 spiro atoms. The zero-order chi connectivity index (χ0) is 22.8. The third-order valence-electron chi connectivity index (χ3n) is 5.67. The standard InChI is InChI=1S/C23H28N2O6/c1-6-31-22(27)17-12-25-18(10-19(17)26)16-9-20(30-5)15(11-24-28)7-14(16)8-21(25)23(2,3)13-29-4/h7,9-12,21,28H,6,8,13H2,1-5H3/b24-11+. The maximum absolute atomic E-state index is 12.8. The third-order valence-corrected chi connectivity index (χ3v) is 5.67. The second-order valence-electron chi connectivity index (χ2n) is 8.20. The van der Waals surface area contributed by atoms with E-state index in [9.17, 15) is 9.59 Å². The predicted octanol–water partition coefficient (Wildman–Crippen LogP) is 3.28. The van der Waals surface area contributed by atoms with E-state index in [-0.39, 0.29) is 23.6 Å². The van der Waals surface area contributed by atoms with Gasteiger partial charge >= 0.3 is 5.97 Å². The molecule has 8 nitrogen and oxygen atoms in total. The van der Waals surface area contributed by atoms with Gasteiger partial charge in [-0.25, -0.2) is 4.79 Å². The van der Waals surface area contributed by atoms with Gasteiger partial charge in [-0.1, -0.05) is 19.0 Å². The molecule has 1 atom stereocenters. The van der Waals surface area contributed by atoms with Gasteiger partial charge in [-0.15, -0.1) is 0 Å². The van der Waals surface area contributed by atoms with E-state index < -0.39 is 11.4 Å². The van der Waals surface area contributed by atoms with Gasteiger partial charge in [0.25, 0.3) is 0 Å². The highest BCUT2D eigenvalue weighted by Crippen LogP contribution is 2.44. The lowest BCUT2D eigenvalue weighted by Gasteiger charge is -2.40. The Hall–Kier alpha value is -3.13. The number of ether oxygens (including phenoxy) is 3. The van der Waals surface area contributed by atoms with E-state index in [1.807, 2.05) is 16.7 Å². The van der Waals surface area contributed by atoms with Crippen molar-refractivity contribution in [2.75, 3.05) is 27.4 Å². The van der Waals surface area contributed by atoms with Crippen LogP contribution >= 0.6 is 0 Å². The van der Waals surface area contributed by atoms with Crippen molar-refractivity contribution in [2.24, 2.45) is 10.6 Å². The molecule has 1 aliphatic rings. The van der Waals surface area contributed by atoms with Gasteiger partial charge in [0.05, 0.1) is 32.2 Å². The summed E-state index contributed by atoms with van der Waals surface area (Å²) < 4.78 is 18.0. The van der Waals surface area contributed by atoms with Gasteiger partial charge in [-0.05, 0) is 31.0 Å². The summed E-state index contributed by atoms with van der Waals surface area (Å²) in [7, 11) is 3.18. The van der Waals surface area contributed by atoms with Crippen LogP contribution in [0.4, 0.5) is 0 Å². The molecule has 0 aliphatic carbocycles. The first-order valence-corrected chi connectivity index (χ1v) is 10.1. The Labute approximate surface area is 181 Å². The Morgan fingerprint density at radius 3 is 2.68 bits per heavy atom. The molecular formula is C23H28N2O6. The van der Waals surface area contributed by atoms with Crippen LogP contribution in [0, 0.1) is 5.41 Å². The van der Waals surface area contributed by atoms with E-state index >= 15 is 0 Å². The minimum Gasteiger partial charge on any atom is -0.496 e. The Bertz CT molecular complexity index is 1070. The molecule has 1 unspecified atom stereocenters. The molecule has 31 heavy (non-hydrogen) atoms. The summed E-state index contributed by atoms with van der Waals surface area (Å²) in [6.45, 7) is 6.53. The number of pyridine rings is 1. The van der Waals surface area contributed by atoms with Gasteiger partial charge in [-0.2, -0.15) is 0 Å². The van der Waals surface area contributed by atoms with Crippen LogP contribution in [0.2, 0.25) is 0 Å². The number of rotatable bonds is 7. The number of methoxy groups -OCH3 is 2. The zero-order valence-electron chi connectivity index (χ0n) is 18.5. The average Bonchev–Trinajstić information content (AvgIpc) is 2.72. The van der Waals surface area contributed by atoms with Gasteiger partial charge in [-0.3, -0.25) is 4.79 Å². The fourth-order valence-corrected chi connectivity index (χ4v) is 4.20. The Kier molecular flexibility index (Phi) is 6.50. The normalized spacial score (nSPS) is 15.5. The molecule has 1 aromatic heterocycles. The Morgan fingerprint density at radius 2 is 2.06 bits per heavy atom. The van der Waals surface area contributed by atoms with Gasteiger partial charge < -0.3 is 24.0 Å². The SMILES string of the molecule is CCOC(=O)c1cn2c(cc1=O)-c1cc(OC)c(/C=N/O)cc1CC2C(C)(C)COC. The molecule has 0 fully saturated rings. The number of aromatic nitrogens is 1. The van der Waals surface area contributed by atoms with Crippen molar-refractivity contribution in [3.8, 4) is 17.0 Å². The van der Waals surface area contributed by atoms with E-state index in [1.165, 1.54) is 19.4 Å². The smallest absolute Gasteiger partial charge is 0.343 e. The maximum atomic E-state index is 12.8. The maximum Gasteiger partial charge on any atom is 0.343 e. The summed E-state index contributed by atoms with van der Waals surface area (Å²) in [4.78, 5) is 25.2. The number of benzene rings is 1. The lowest BCUT2D eigenvalue weighted by molar-refractivity contribution is 0.0516. The Morgan fingerprint density at radius 1 is 1.32 bits per heavy atom. The highest BCUT2D eigenvalue weighted by molar-refractivity contribution is 5.90. The number of hydrogen-bond donors (Lipinski definition) is 1. The van der Waals surface area contributed by atoms with Crippen molar-refractivity contribution in [3.05, 3.63) is 51.3 Å². The first-order chi connectivity index (χ1) is 14.8. The molecule has 0 saturated heterocycles. The first-order valence-electron chi connectivity index (χ1n) is 10.1. The highest BCUT2D eigenvalue weighted by atomic mass is 16.5. The highest BCUT2D eigenvalue weighted by Gasteiger charge is 2.37. The van der Waals surface area contributed by atoms with Gasteiger partial charge in [0.15, 0.2) is 5.43 Å². The molecular weight excluding hydrogens is 400 g/mol. The summed E-state index contributed by atoms with van der Waals surface area (Å²) >= 11 is 0. The quantitative estimate of drug-likeness (QED) is 0.314. The molecule has 0 bridgehead atoms. The number of carbonyl (C=O) groups is 1. The Balaban J connectivity index is 2.29. The number of carbonyl (C=O) groups excluding carboxylic acids is 1. The molecule has 1 aromatic carbocycles. The van der Waals surface area contributed by atoms with Crippen LogP contribution in [0.1, 0.15) is 48.3 Å². The van der Waals surface area contributed by atoms with Crippen LogP contribution in [-0.2, 0) is 15.9 Å². The van der Waals surface area contributed by atoms with Crippen molar-refractivity contribution in [1.29, 1.82) is 0 Å². The van der Waals surface area contributed by atoms with Gasteiger partial charge in [0.1, 0.15) is 11.3 Å². The summed E-state index contributed by atoms with van der Waals surface area (Å²) in [5, 5.41) is 12.2. The number of fused-ring (bicyclic) bond motifs is 3.